The van der Waals surface area contributed by atoms with Gasteiger partial charge in [0, 0.05) is 26.7 Å². The number of amides is 2. The smallest absolute Gasteiger partial charge is 0.275 e. The van der Waals surface area contributed by atoms with Crippen LogP contribution in [0.1, 0.15) is 31.3 Å². The number of rotatable bonds is 3. The quantitative estimate of drug-likeness (QED) is 0.882. The van der Waals surface area contributed by atoms with Crippen molar-refractivity contribution in [3.63, 3.8) is 0 Å². The third kappa shape index (κ3) is 2.81. The summed E-state index contributed by atoms with van der Waals surface area (Å²) in [6.45, 7) is 7.16. The van der Waals surface area contributed by atoms with E-state index in [9.17, 15) is 9.59 Å². The zero-order chi connectivity index (χ0) is 15.6. The van der Waals surface area contributed by atoms with E-state index >= 15 is 0 Å². The van der Waals surface area contributed by atoms with Crippen LogP contribution in [0.15, 0.2) is 12.4 Å². The molecule has 1 saturated heterocycles. The second kappa shape index (κ2) is 5.67. The van der Waals surface area contributed by atoms with Crippen molar-refractivity contribution in [1.29, 1.82) is 0 Å². The number of likely N-dealkylation sites (N-methyl/N-ethyl adjacent to an activating group) is 1. The summed E-state index contributed by atoms with van der Waals surface area (Å²) >= 11 is 0. The Bertz CT molecular complexity index is 558. The molecule has 1 aromatic rings. The molecule has 0 radical (unpaired) electrons. The normalized spacial score (nSPS) is 17.8. The van der Waals surface area contributed by atoms with E-state index in [1.165, 1.54) is 6.20 Å². The fourth-order valence-corrected chi connectivity index (χ4v) is 2.44. The van der Waals surface area contributed by atoms with E-state index < -0.39 is 5.54 Å². The van der Waals surface area contributed by atoms with Crippen molar-refractivity contribution in [2.45, 2.75) is 26.3 Å². The Hall–Kier alpha value is -2.18. The van der Waals surface area contributed by atoms with Crippen molar-refractivity contribution in [1.82, 2.24) is 19.8 Å². The lowest BCUT2D eigenvalue weighted by Gasteiger charge is -2.44. The summed E-state index contributed by atoms with van der Waals surface area (Å²) in [6.07, 6.45) is 3.00. The van der Waals surface area contributed by atoms with Gasteiger partial charge in [0.1, 0.15) is 17.1 Å². The largest absolute Gasteiger partial charge is 0.369 e. The number of anilines is 1. The van der Waals surface area contributed by atoms with Crippen LogP contribution in [0.3, 0.4) is 0 Å². The molecule has 7 nitrogen and oxygen atoms in total. The maximum atomic E-state index is 12.6. The number of carbonyl (C=O) groups excluding carboxylic acids is 2. The van der Waals surface area contributed by atoms with Crippen LogP contribution in [0.5, 0.6) is 0 Å². The minimum atomic E-state index is -0.875. The highest BCUT2D eigenvalue weighted by Crippen LogP contribution is 2.23. The van der Waals surface area contributed by atoms with Crippen molar-refractivity contribution in [3.8, 4) is 0 Å². The summed E-state index contributed by atoms with van der Waals surface area (Å²) in [5.74, 6) is 0.216. The molecule has 2 rings (SSSR count). The van der Waals surface area contributed by atoms with Crippen LogP contribution >= 0.6 is 0 Å². The highest BCUT2D eigenvalue weighted by Gasteiger charge is 2.43. The van der Waals surface area contributed by atoms with Gasteiger partial charge in [-0.3, -0.25) is 14.6 Å². The average Bonchev–Trinajstić information content (AvgIpc) is 2.45. The Labute approximate surface area is 124 Å². The van der Waals surface area contributed by atoms with Crippen molar-refractivity contribution in [2.24, 2.45) is 0 Å². The molecule has 0 saturated carbocycles. The molecule has 0 unspecified atom stereocenters. The highest BCUT2D eigenvalue weighted by molar-refractivity contribution is 5.98. The van der Waals surface area contributed by atoms with Crippen LogP contribution in [0.2, 0.25) is 0 Å². The molecule has 1 aliphatic rings. The van der Waals surface area contributed by atoms with Gasteiger partial charge in [-0.2, -0.15) is 0 Å². The molecule has 1 fully saturated rings. The Morgan fingerprint density at radius 3 is 2.76 bits per heavy atom. The molecule has 21 heavy (non-hydrogen) atoms. The summed E-state index contributed by atoms with van der Waals surface area (Å²) < 4.78 is 0. The van der Waals surface area contributed by atoms with Gasteiger partial charge in [0.2, 0.25) is 5.91 Å². The Balaban J connectivity index is 2.27. The van der Waals surface area contributed by atoms with Gasteiger partial charge >= 0.3 is 0 Å². The van der Waals surface area contributed by atoms with Crippen LogP contribution in [0.4, 0.5) is 5.82 Å². The first-order valence-electron chi connectivity index (χ1n) is 7.01. The van der Waals surface area contributed by atoms with E-state index in [-0.39, 0.29) is 17.5 Å². The van der Waals surface area contributed by atoms with Gasteiger partial charge in [-0.1, -0.05) is 0 Å². The summed E-state index contributed by atoms with van der Waals surface area (Å²) in [5.41, 5.74) is -0.626. The standard InChI is InChI=1S/C14H21N5O2/c1-5-16-11-9-15-8-10(17-11)12(20)19-7-6-18(4)13(21)14(19,2)3/h8-9H,5-7H2,1-4H3,(H,16,17). The minimum Gasteiger partial charge on any atom is -0.369 e. The van der Waals surface area contributed by atoms with Crippen LogP contribution in [0, 0.1) is 0 Å². The predicted octanol–water partition coefficient (Wildman–Crippen LogP) is 0.601. The molecule has 1 aliphatic heterocycles. The monoisotopic (exact) mass is 291 g/mol. The van der Waals surface area contributed by atoms with Gasteiger partial charge in [0.05, 0.1) is 12.4 Å². The van der Waals surface area contributed by atoms with Crippen molar-refractivity contribution >= 4 is 17.6 Å². The molecule has 0 spiro atoms. The van der Waals surface area contributed by atoms with E-state index in [1.54, 1.807) is 36.9 Å². The van der Waals surface area contributed by atoms with E-state index in [1.807, 2.05) is 6.92 Å². The van der Waals surface area contributed by atoms with Crippen LogP contribution in [0.25, 0.3) is 0 Å². The fourth-order valence-electron chi connectivity index (χ4n) is 2.44. The Kier molecular flexibility index (Phi) is 4.11. The summed E-state index contributed by atoms with van der Waals surface area (Å²) in [6, 6.07) is 0. The molecule has 0 aliphatic carbocycles. The van der Waals surface area contributed by atoms with E-state index in [4.69, 9.17) is 0 Å². The first kappa shape index (κ1) is 15.2. The van der Waals surface area contributed by atoms with Crippen molar-refractivity contribution in [3.05, 3.63) is 18.1 Å². The van der Waals surface area contributed by atoms with Crippen LogP contribution in [-0.4, -0.2) is 63.8 Å². The van der Waals surface area contributed by atoms with Crippen molar-refractivity contribution < 1.29 is 9.59 Å². The topological polar surface area (TPSA) is 78.4 Å². The molecular weight excluding hydrogens is 270 g/mol. The number of aromatic nitrogens is 2. The molecule has 0 aromatic carbocycles. The number of hydrogen-bond acceptors (Lipinski definition) is 5. The van der Waals surface area contributed by atoms with E-state index in [0.29, 0.717) is 25.5 Å². The Morgan fingerprint density at radius 2 is 2.10 bits per heavy atom. The third-order valence-corrected chi connectivity index (χ3v) is 3.66. The first-order valence-corrected chi connectivity index (χ1v) is 7.01. The molecule has 114 valence electrons. The minimum absolute atomic E-state index is 0.0714. The molecule has 2 heterocycles. The second-order valence-electron chi connectivity index (χ2n) is 5.56. The number of hydrogen-bond donors (Lipinski definition) is 1. The SMILES string of the molecule is CCNc1cncc(C(=O)N2CCN(C)C(=O)C2(C)C)n1. The van der Waals surface area contributed by atoms with Gasteiger partial charge in [0.25, 0.3) is 5.91 Å². The number of piperazine rings is 1. The second-order valence-corrected chi connectivity index (χ2v) is 5.56. The lowest BCUT2D eigenvalue weighted by Crippen LogP contribution is -2.63. The molecular formula is C14H21N5O2. The maximum absolute atomic E-state index is 12.6. The molecule has 7 heteroatoms. The average molecular weight is 291 g/mol. The molecule has 0 atom stereocenters. The van der Waals surface area contributed by atoms with Crippen LogP contribution < -0.4 is 5.32 Å². The summed E-state index contributed by atoms with van der Waals surface area (Å²) in [5, 5.41) is 3.02. The van der Waals surface area contributed by atoms with E-state index in [2.05, 4.69) is 15.3 Å². The number of carbonyl (C=O) groups is 2. The lowest BCUT2D eigenvalue weighted by molar-refractivity contribution is -0.144. The van der Waals surface area contributed by atoms with E-state index in [0.717, 1.165) is 0 Å². The molecule has 1 N–H and O–H groups in total. The molecule has 1 aromatic heterocycles. The first-order chi connectivity index (χ1) is 9.87. The maximum Gasteiger partial charge on any atom is 0.275 e. The highest BCUT2D eigenvalue weighted by atomic mass is 16.2. The molecule has 0 bridgehead atoms. The summed E-state index contributed by atoms with van der Waals surface area (Å²) in [7, 11) is 1.75. The zero-order valence-electron chi connectivity index (χ0n) is 12.9. The number of nitrogens with zero attached hydrogens (tertiary/aromatic N) is 4. The van der Waals surface area contributed by atoms with Gasteiger partial charge in [-0.05, 0) is 20.8 Å². The zero-order valence-corrected chi connectivity index (χ0v) is 12.9. The Morgan fingerprint density at radius 1 is 1.38 bits per heavy atom. The predicted molar refractivity (Wildman–Crippen MR) is 78.9 cm³/mol. The van der Waals surface area contributed by atoms with Gasteiger partial charge < -0.3 is 15.1 Å². The van der Waals surface area contributed by atoms with Crippen molar-refractivity contribution in [2.75, 3.05) is 32.0 Å². The van der Waals surface area contributed by atoms with Gasteiger partial charge in [0.15, 0.2) is 0 Å². The van der Waals surface area contributed by atoms with Crippen LogP contribution in [-0.2, 0) is 4.79 Å². The van der Waals surface area contributed by atoms with Gasteiger partial charge in [-0.15, -0.1) is 0 Å². The fraction of sp³-hybridized carbons (Fsp3) is 0.571. The third-order valence-electron chi connectivity index (χ3n) is 3.66. The summed E-state index contributed by atoms with van der Waals surface area (Å²) in [4.78, 5) is 36.4. The lowest BCUT2D eigenvalue weighted by atomic mass is 9.97. The number of nitrogens with one attached hydrogen (secondary N) is 1. The van der Waals surface area contributed by atoms with Gasteiger partial charge in [-0.25, -0.2) is 4.98 Å². The molecule has 2 amide bonds.